The molecule has 3 aromatic rings. The Kier molecular flexibility index (Phi) is 3.20. The summed E-state index contributed by atoms with van der Waals surface area (Å²) >= 11 is 1.54. The topological polar surface area (TPSA) is 63.6 Å². The minimum Gasteiger partial charge on any atom is -0.399 e. The summed E-state index contributed by atoms with van der Waals surface area (Å²) in [6, 6.07) is 11.7. The summed E-state index contributed by atoms with van der Waals surface area (Å²) in [6.45, 7) is 4.01. The van der Waals surface area contributed by atoms with Gasteiger partial charge in [0.05, 0.1) is 15.9 Å². The van der Waals surface area contributed by atoms with Gasteiger partial charge in [-0.05, 0) is 49.2 Å². The van der Waals surface area contributed by atoms with Crippen LogP contribution in [0, 0.1) is 13.8 Å². The SMILES string of the molecule is Cc1cc(N)ccc1N=Nc1nc2c(C)cccc2s1. The Morgan fingerprint density at radius 2 is 1.90 bits per heavy atom. The maximum atomic E-state index is 5.72. The lowest BCUT2D eigenvalue weighted by molar-refractivity contribution is 1.19. The van der Waals surface area contributed by atoms with Crippen molar-refractivity contribution in [1.82, 2.24) is 4.98 Å². The van der Waals surface area contributed by atoms with Crippen molar-refractivity contribution in [1.29, 1.82) is 0 Å². The van der Waals surface area contributed by atoms with E-state index < -0.39 is 0 Å². The molecule has 0 saturated heterocycles. The molecular formula is C15H14N4S. The first-order chi connectivity index (χ1) is 9.63. The van der Waals surface area contributed by atoms with E-state index in [0.717, 1.165) is 32.7 Å². The lowest BCUT2D eigenvalue weighted by atomic mass is 10.2. The maximum Gasteiger partial charge on any atom is 0.231 e. The molecule has 3 rings (SSSR count). The Morgan fingerprint density at radius 1 is 1.05 bits per heavy atom. The summed E-state index contributed by atoms with van der Waals surface area (Å²) in [7, 11) is 0. The summed E-state index contributed by atoms with van der Waals surface area (Å²) in [5, 5.41) is 9.17. The monoisotopic (exact) mass is 282 g/mol. The van der Waals surface area contributed by atoms with Crippen molar-refractivity contribution in [2.45, 2.75) is 13.8 Å². The fourth-order valence-corrected chi connectivity index (χ4v) is 2.87. The van der Waals surface area contributed by atoms with Crippen molar-refractivity contribution in [2.24, 2.45) is 10.2 Å². The summed E-state index contributed by atoms with van der Waals surface area (Å²) in [5.41, 5.74) is 10.4. The van der Waals surface area contributed by atoms with Gasteiger partial charge in [-0.25, -0.2) is 4.98 Å². The van der Waals surface area contributed by atoms with Gasteiger partial charge in [0.15, 0.2) is 0 Å². The van der Waals surface area contributed by atoms with Crippen LogP contribution in [0.1, 0.15) is 11.1 Å². The van der Waals surface area contributed by atoms with Gasteiger partial charge in [0.2, 0.25) is 5.13 Å². The van der Waals surface area contributed by atoms with Crippen LogP contribution in [0.4, 0.5) is 16.5 Å². The second-order valence-corrected chi connectivity index (χ2v) is 5.67. The number of fused-ring (bicyclic) bond motifs is 1. The number of hydrogen-bond acceptors (Lipinski definition) is 5. The van der Waals surface area contributed by atoms with Crippen LogP contribution in [0.2, 0.25) is 0 Å². The molecule has 0 amide bonds. The number of aromatic nitrogens is 1. The smallest absolute Gasteiger partial charge is 0.231 e. The maximum absolute atomic E-state index is 5.72. The van der Waals surface area contributed by atoms with E-state index in [1.54, 1.807) is 11.3 Å². The molecule has 2 aromatic carbocycles. The van der Waals surface area contributed by atoms with Crippen molar-refractivity contribution in [2.75, 3.05) is 5.73 Å². The number of para-hydroxylation sites is 1. The van der Waals surface area contributed by atoms with Crippen LogP contribution in [-0.4, -0.2) is 4.98 Å². The Bertz CT molecular complexity index is 805. The van der Waals surface area contributed by atoms with Crippen LogP contribution in [0.5, 0.6) is 0 Å². The summed E-state index contributed by atoms with van der Waals surface area (Å²) in [5.74, 6) is 0. The number of benzene rings is 2. The van der Waals surface area contributed by atoms with E-state index in [0.29, 0.717) is 5.13 Å². The highest BCUT2D eigenvalue weighted by molar-refractivity contribution is 7.21. The lowest BCUT2D eigenvalue weighted by Gasteiger charge is -1.98. The van der Waals surface area contributed by atoms with E-state index in [1.807, 2.05) is 50.2 Å². The van der Waals surface area contributed by atoms with Gasteiger partial charge in [-0.1, -0.05) is 23.5 Å². The molecule has 0 atom stereocenters. The quantitative estimate of drug-likeness (QED) is 0.536. The number of thiazole rings is 1. The van der Waals surface area contributed by atoms with E-state index in [1.165, 1.54) is 0 Å². The van der Waals surface area contributed by atoms with Crippen molar-refractivity contribution in [3.8, 4) is 0 Å². The molecular weight excluding hydrogens is 268 g/mol. The average molecular weight is 282 g/mol. The van der Waals surface area contributed by atoms with Crippen LogP contribution < -0.4 is 5.73 Å². The van der Waals surface area contributed by atoms with E-state index in [-0.39, 0.29) is 0 Å². The second kappa shape index (κ2) is 5.02. The van der Waals surface area contributed by atoms with Gasteiger partial charge in [0.1, 0.15) is 0 Å². The van der Waals surface area contributed by atoms with Crippen molar-refractivity contribution < 1.29 is 0 Å². The van der Waals surface area contributed by atoms with Gasteiger partial charge < -0.3 is 5.73 Å². The van der Waals surface area contributed by atoms with Gasteiger partial charge >= 0.3 is 0 Å². The first kappa shape index (κ1) is 12.7. The van der Waals surface area contributed by atoms with Gasteiger partial charge in [0.25, 0.3) is 0 Å². The number of nitrogens with zero attached hydrogens (tertiary/aromatic N) is 3. The van der Waals surface area contributed by atoms with Gasteiger partial charge in [-0.3, -0.25) is 0 Å². The standard InChI is InChI=1S/C15H14N4S/c1-9-4-3-5-13-14(9)17-15(20-13)19-18-12-7-6-11(16)8-10(12)2/h3-8H,16H2,1-2H3. The largest absolute Gasteiger partial charge is 0.399 e. The van der Waals surface area contributed by atoms with Gasteiger partial charge in [-0.15, -0.1) is 10.2 Å². The van der Waals surface area contributed by atoms with Gasteiger partial charge in [0, 0.05) is 5.69 Å². The summed E-state index contributed by atoms with van der Waals surface area (Å²) in [4.78, 5) is 4.51. The van der Waals surface area contributed by atoms with E-state index >= 15 is 0 Å². The van der Waals surface area contributed by atoms with E-state index in [4.69, 9.17) is 5.73 Å². The summed E-state index contributed by atoms with van der Waals surface area (Å²) in [6.07, 6.45) is 0. The number of hydrogen-bond donors (Lipinski definition) is 1. The molecule has 0 radical (unpaired) electrons. The number of anilines is 1. The molecule has 0 aliphatic heterocycles. The van der Waals surface area contributed by atoms with Crippen LogP contribution in [0.3, 0.4) is 0 Å². The minimum atomic E-state index is 0.672. The molecule has 5 heteroatoms. The van der Waals surface area contributed by atoms with Crippen molar-refractivity contribution >= 4 is 38.1 Å². The van der Waals surface area contributed by atoms with E-state index in [9.17, 15) is 0 Å². The first-order valence-electron chi connectivity index (χ1n) is 6.27. The average Bonchev–Trinajstić information content (AvgIpc) is 2.82. The molecule has 0 unspecified atom stereocenters. The zero-order chi connectivity index (χ0) is 14.1. The fraction of sp³-hybridized carbons (Fsp3) is 0.133. The molecule has 1 heterocycles. The second-order valence-electron chi connectivity index (χ2n) is 4.66. The Morgan fingerprint density at radius 3 is 2.65 bits per heavy atom. The highest BCUT2D eigenvalue weighted by Crippen LogP contribution is 2.31. The zero-order valence-corrected chi connectivity index (χ0v) is 12.1. The third-order valence-electron chi connectivity index (χ3n) is 3.07. The third kappa shape index (κ3) is 2.40. The van der Waals surface area contributed by atoms with E-state index in [2.05, 4.69) is 15.2 Å². The minimum absolute atomic E-state index is 0.672. The number of rotatable bonds is 2. The molecule has 0 spiro atoms. The molecule has 20 heavy (non-hydrogen) atoms. The Balaban J connectivity index is 1.96. The number of azo groups is 1. The highest BCUT2D eigenvalue weighted by Gasteiger charge is 2.05. The number of nitrogens with two attached hydrogens (primary N) is 1. The molecule has 100 valence electrons. The molecule has 0 aliphatic carbocycles. The van der Waals surface area contributed by atoms with Crippen LogP contribution in [0.15, 0.2) is 46.6 Å². The van der Waals surface area contributed by atoms with Crippen molar-refractivity contribution in [3.63, 3.8) is 0 Å². The third-order valence-corrected chi connectivity index (χ3v) is 3.98. The van der Waals surface area contributed by atoms with Crippen LogP contribution in [-0.2, 0) is 0 Å². The predicted molar refractivity (Wildman–Crippen MR) is 84.1 cm³/mol. The lowest BCUT2D eigenvalue weighted by Crippen LogP contribution is -1.84. The first-order valence-corrected chi connectivity index (χ1v) is 7.09. The van der Waals surface area contributed by atoms with Crippen LogP contribution in [0.25, 0.3) is 10.2 Å². The molecule has 0 fully saturated rings. The number of nitrogen functional groups attached to an aromatic ring is 1. The van der Waals surface area contributed by atoms with Gasteiger partial charge in [-0.2, -0.15) is 0 Å². The predicted octanol–water partition coefficient (Wildman–Crippen LogP) is 4.91. The molecule has 1 aromatic heterocycles. The zero-order valence-electron chi connectivity index (χ0n) is 11.3. The molecule has 4 nitrogen and oxygen atoms in total. The molecule has 2 N–H and O–H groups in total. The highest BCUT2D eigenvalue weighted by atomic mass is 32.1. The molecule has 0 bridgehead atoms. The molecule has 0 saturated carbocycles. The Labute approximate surface area is 121 Å². The summed E-state index contributed by atoms with van der Waals surface area (Å²) < 4.78 is 1.13. The number of aryl methyl sites for hydroxylation is 2. The normalized spacial score (nSPS) is 11.5. The fourth-order valence-electron chi connectivity index (χ4n) is 2.00. The van der Waals surface area contributed by atoms with Crippen molar-refractivity contribution in [3.05, 3.63) is 47.5 Å². The Hall–Kier alpha value is -2.27. The van der Waals surface area contributed by atoms with Crippen LogP contribution >= 0.6 is 11.3 Å². The molecule has 0 aliphatic rings.